The van der Waals surface area contributed by atoms with E-state index in [4.69, 9.17) is 4.74 Å². The maximum atomic E-state index is 11.2. The Morgan fingerprint density at radius 1 is 1.60 bits per heavy atom. The Morgan fingerprint density at radius 2 is 2.33 bits per heavy atom. The fourth-order valence-corrected chi connectivity index (χ4v) is 2.28. The van der Waals surface area contributed by atoms with Gasteiger partial charge in [0.05, 0.1) is 13.2 Å². The highest BCUT2D eigenvalue weighted by atomic mass is 32.1. The molecule has 84 valence electrons. The van der Waals surface area contributed by atoms with Crippen molar-refractivity contribution >= 4 is 17.3 Å². The highest BCUT2D eigenvalue weighted by Crippen LogP contribution is 2.16. The second kappa shape index (κ2) is 5.88. The highest BCUT2D eigenvalue weighted by Gasteiger charge is 2.09. The molecule has 0 radical (unpaired) electrons. The van der Waals surface area contributed by atoms with E-state index in [9.17, 15) is 4.79 Å². The molecule has 15 heavy (non-hydrogen) atoms. The molecule has 0 N–H and O–H groups in total. The van der Waals surface area contributed by atoms with Gasteiger partial charge >= 0.3 is 5.97 Å². The predicted molar refractivity (Wildman–Crippen MR) is 62.0 cm³/mol. The first-order valence-corrected chi connectivity index (χ1v) is 5.88. The molecule has 0 atom stereocenters. The van der Waals surface area contributed by atoms with E-state index in [1.165, 1.54) is 10.4 Å². The van der Waals surface area contributed by atoms with Crippen molar-refractivity contribution in [3.05, 3.63) is 21.9 Å². The van der Waals surface area contributed by atoms with Gasteiger partial charge < -0.3 is 4.74 Å². The molecule has 3 nitrogen and oxygen atoms in total. The minimum atomic E-state index is -0.158. The molecule has 1 aromatic heterocycles. The molecule has 0 saturated carbocycles. The van der Waals surface area contributed by atoms with Crippen LogP contribution in [0.15, 0.2) is 11.4 Å². The summed E-state index contributed by atoms with van der Waals surface area (Å²) in [4.78, 5) is 14.5. The number of hydrogen-bond acceptors (Lipinski definition) is 4. The zero-order chi connectivity index (χ0) is 11.3. The van der Waals surface area contributed by atoms with Gasteiger partial charge in [0, 0.05) is 11.4 Å². The second-order valence-corrected chi connectivity index (χ2v) is 4.50. The third-order valence-electron chi connectivity index (χ3n) is 2.09. The van der Waals surface area contributed by atoms with E-state index < -0.39 is 0 Å². The van der Waals surface area contributed by atoms with Crippen molar-refractivity contribution in [3.63, 3.8) is 0 Å². The Balaban J connectivity index is 2.39. The largest absolute Gasteiger partial charge is 0.465 e. The summed E-state index contributed by atoms with van der Waals surface area (Å²) in [5.41, 5.74) is 1.29. The van der Waals surface area contributed by atoms with Crippen LogP contribution in [0, 0.1) is 6.92 Å². The van der Waals surface area contributed by atoms with Crippen LogP contribution in [0.3, 0.4) is 0 Å². The number of thiophene rings is 1. The van der Waals surface area contributed by atoms with Gasteiger partial charge in [-0.1, -0.05) is 0 Å². The van der Waals surface area contributed by atoms with E-state index in [0.29, 0.717) is 13.2 Å². The lowest BCUT2D eigenvalue weighted by molar-refractivity contribution is -0.144. The van der Waals surface area contributed by atoms with Gasteiger partial charge in [-0.05, 0) is 37.9 Å². The van der Waals surface area contributed by atoms with Gasteiger partial charge in [0.15, 0.2) is 0 Å². The molecule has 0 bridgehead atoms. The summed E-state index contributed by atoms with van der Waals surface area (Å²) in [5, 5.41) is 2.07. The van der Waals surface area contributed by atoms with Crippen LogP contribution in [0.2, 0.25) is 0 Å². The molecule has 0 aliphatic rings. The first-order chi connectivity index (χ1) is 7.13. The standard InChI is InChI=1S/C11H17NO2S/c1-4-14-11(13)8-12(3)7-10-9(2)5-6-15-10/h5-6H,4,7-8H2,1-3H3. The summed E-state index contributed by atoms with van der Waals surface area (Å²) < 4.78 is 4.88. The van der Waals surface area contributed by atoms with Gasteiger partial charge in [0.25, 0.3) is 0 Å². The summed E-state index contributed by atoms with van der Waals surface area (Å²) in [5.74, 6) is -0.158. The van der Waals surface area contributed by atoms with Gasteiger partial charge in [0.2, 0.25) is 0 Å². The number of esters is 1. The number of carbonyl (C=O) groups excluding carboxylic acids is 1. The fraction of sp³-hybridized carbons (Fsp3) is 0.545. The summed E-state index contributed by atoms with van der Waals surface area (Å²) in [6.45, 7) is 5.52. The third-order valence-corrected chi connectivity index (χ3v) is 3.09. The molecular formula is C11H17NO2S. The topological polar surface area (TPSA) is 29.5 Å². The van der Waals surface area contributed by atoms with E-state index in [1.54, 1.807) is 11.3 Å². The van der Waals surface area contributed by atoms with E-state index in [-0.39, 0.29) is 5.97 Å². The fourth-order valence-electron chi connectivity index (χ4n) is 1.29. The quantitative estimate of drug-likeness (QED) is 0.721. The van der Waals surface area contributed by atoms with Crippen molar-refractivity contribution in [2.45, 2.75) is 20.4 Å². The SMILES string of the molecule is CCOC(=O)CN(C)Cc1sccc1C. The zero-order valence-electron chi connectivity index (χ0n) is 9.45. The van der Waals surface area contributed by atoms with Crippen molar-refractivity contribution < 1.29 is 9.53 Å². The Bertz CT molecular complexity index is 322. The van der Waals surface area contributed by atoms with Gasteiger partial charge in [-0.3, -0.25) is 9.69 Å². The number of likely N-dealkylation sites (N-methyl/N-ethyl adjacent to an activating group) is 1. The molecule has 1 heterocycles. The van der Waals surface area contributed by atoms with Crippen LogP contribution in [0.25, 0.3) is 0 Å². The Labute approximate surface area is 94.7 Å². The van der Waals surface area contributed by atoms with E-state index in [2.05, 4.69) is 18.4 Å². The highest BCUT2D eigenvalue weighted by molar-refractivity contribution is 7.10. The molecule has 1 rings (SSSR count). The molecule has 4 heteroatoms. The summed E-state index contributed by atoms with van der Waals surface area (Å²) in [7, 11) is 1.93. The Hall–Kier alpha value is -0.870. The monoisotopic (exact) mass is 227 g/mol. The van der Waals surface area contributed by atoms with Gasteiger partial charge in [0.1, 0.15) is 0 Å². The molecule has 0 aliphatic heterocycles. The van der Waals surface area contributed by atoms with Gasteiger partial charge in [-0.15, -0.1) is 11.3 Å². The van der Waals surface area contributed by atoms with Crippen LogP contribution in [-0.2, 0) is 16.1 Å². The van der Waals surface area contributed by atoms with Crippen LogP contribution < -0.4 is 0 Å². The zero-order valence-corrected chi connectivity index (χ0v) is 10.3. The minimum Gasteiger partial charge on any atom is -0.465 e. The minimum absolute atomic E-state index is 0.158. The number of aryl methyl sites for hydroxylation is 1. The van der Waals surface area contributed by atoms with Crippen molar-refractivity contribution in [2.24, 2.45) is 0 Å². The van der Waals surface area contributed by atoms with Crippen molar-refractivity contribution in [3.8, 4) is 0 Å². The second-order valence-electron chi connectivity index (χ2n) is 3.50. The number of carbonyl (C=O) groups is 1. The molecule has 0 amide bonds. The lowest BCUT2D eigenvalue weighted by Crippen LogP contribution is -2.26. The Morgan fingerprint density at radius 3 is 2.87 bits per heavy atom. The van der Waals surface area contributed by atoms with Crippen LogP contribution in [0.4, 0.5) is 0 Å². The van der Waals surface area contributed by atoms with Crippen molar-refractivity contribution in [2.75, 3.05) is 20.2 Å². The number of rotatable bonds is 5. The lowest BCUT2D eigenvalue weighted by Gasteiger charge is -2.14. The molecule has 1 aromatic rings. The molecule has 0 fully saturated rings. The van der Waals surface area contributed by atoms with Crippen molar-refractivity contribution in [1.82, 2.24) is 4.90 Å². The Kier molecular flexibility index (Phi) is 4.78. The van der Waals surface area contributed by atoms with Crippen LogP contribution in [0.1, 0.15) is 17.4 Å². The van der Waals surface area contributed by atoms with Gasteiger partial charge in [-0.2, -0.15) is 0 Å². The molecule has 0 aliphatic carbocycles. The average molecular weight is 227 g/mol. The number of ether oxygens (including phenoxy) is 1. The summed E-state index contributed by atoms with van der Waals surface area (Å²) >= 11 is 1.72. The molecule has 0 spiro atoms. The summed E-state index contributed by atoms with van der Waals surface area (Å²) in [6, 6.07) is 2.10. The van der Waals surface area contributed by atoms with Crippen molar-refractivity contribution in [1.29, 1.82) is 0 Å². The molecule has 0 unspecified atom stereocenters. The molecule has 0 saturated heterocycles. The van der Waals surface area contributed by atoms with Crippen LogP contribution >= 0.6 is 11.3 Å². The van der Waals surface area contributed by atoms with Crippen LogP contribution in [0.5, 0.6) is 0 Å². The van der Waals surface area contributed by atoms with E-state index >= 15 is 0 Å². The van der Waals surface area contributed by atoms with Crippen LogP contribution in [-0.4, -0.2) is 31.1 Å². The smallest absolute Gasteiger partial charge is 0.320 e. The molecular weight excluding hydrogens is 210 g/mol. The first kappa shape index (κ1) is 12.2. The summed E-state index contributed by atoms with van der Waals surface area (Å²) in [6.07, 6.45) is 0. The predicted octanol–water partition coefficient (Wildman–Crippen LogP) is 2.05. The maximum Gasteiger partial charge on any atom is 0.320 e. The van der Waals surface area contributed by atoms with E-state index in [0.717, 1.165) is 6.54 Å². The number of hydrogen-bond donors (Lipinski definition) is 0. The lowest BCUT2D eigenvalue weighted by atomic mass is 10.3. The third kappa shape index (κ3) is 4.01. The first-order valence-electron chi connectivity index (χ1n) is 5.00. The number of nitrogens with zero attached hydrogens (tertiary/aromatic N) is 1. The van der Waals surface area contributed by atoms with Gasteiger partial charge in [-0.25, -0.2) is 0 Å². The maximum absolute atomic E-state index is 11.2. The van der Waals surface area contributed by atoms with E-state index in [1.807, 2.05) is 18.9 Å². The molecule has 0 aromatic carbocycles. The normalized spacial score (nSPS) is 10.7. The average Bonchev–Trinajstić information content (AvgIpc) is 2.52.